The van der Waals surface area contributed by atoms with Crippen molar-refractivity contribution < 1.29 is 0 Å². The van der Waals surface area contributed by atoms with Crippen molar-refractivity contribution in [1.29, 1.82) is 0 Å². The Kier molecular flexibility index (Phi) is 2.47. The van der Waals surface area contributed by atoms with Crippen molar-refractivity contribution >= 4 is 17.3 Å². The number of hydrogen-bond acceptors (Lipinski definition) is 2. The highest BCUT2D eigenvalue weighted by molar-refractivity contribution is 6.33. The first-order valence-corrected chi connectivity index (χ1v) is 4.79. The minimum absolute atomic E-state index is 0.138. The lowest BCUT2D eigenvalue weighted by Crippen LogP contribution is -2.03. The van der Waals surface area contributed by atoms with E-state index in [0.29, 0.717) is 10.7 Å². The molecule has 0 fully saturated rings. The van der Waals surface area contributed by atoms with E-state index < -0.39 is 0 Å². The lowest BCUT2D eigenvalue weighted by atomic mass is 10.1. The van der Waals surface area contributed by atoms with Gasteiger partial charge in [-0.3, -0.25) is 4.79 Å². The maximum absolute atomic E-state index is 11.1. The highest BCUT2D eigenvalue weighted by atomic mass is 35.5. The summed E-state index contributed by atoms with van der Waals surface area (Å²) in [5.74, 6) is 0. The molecule has 1 heterocycles. The monoisotopic (exact) mass is 220 g/mol. The molecule has 0 aliphatic carbocycles. The van der Waals surface area contributed by atoms with E-state index in [4.69, 9.17) is 17.3 Å². The van der Waals surface area contributed by atoms with Gasteiger partial charge in [-0.2, -0.15) is 0 Å². The number of aromatic nitrogens is 1. The number of hydrogen-bond donors (Lipinski definition) is 2. The van der Waals surface area contributed by atoms with Gasteiger partial charge in [0, 0.05) is 11.8 Å². The van der Waals surface area contributed by atoms with Crippen molar-refractivity contribution in [3.05, 3.63) is 51.8 Å². The summed E-state index contributed by atoms with van der Waals surface area (Å²) in [4.78, 5) is 13.8. The lowest BCUT2D eigenvalue weighted by molar-refractivity contribution is 1.24. The lowest BCUT2D eigenvalue weighted by Gasteiger charge is -2.03. The standard InChI is InChI=1S/C11H9ClN2O/c12-8-6-7(4-5-9(8)13)10-2-1-3-11(15)14-10/h1-6H,13H2,(H,14,15). The number of nitrogen functional groups attached to an aromatic ring is 1. The normalized spacial score (nSPS) is 10.2. The zero-order chi connectivity index (χ0) is 10.8. The number of aromatic amines is 1. The van der Waals surface area contributed by atoms with Gasteiger partial charge in [0.2, 0.25) is 5.56 Å². The van der Waals surface area contributed by atoms with Crippen molar-refractivity contribution in [2.45, 2.75) is 0 Å². The third-order valence-corrected chi connectivity index (χ3v) is 2.41. The van der Waals surface area contributed by atoms with Crippen LogP contribution in [0.3, 0.4) is 0 Å². The van der Waals surface area contributed by atoms with Gasteiger partial charge in [-0.25, -0.2) is 0 Å². The molecule has 0 bridgehead atoms. The largest absolute Gasteiger partial charge is 0.398 e. The molecule has 15 heavy (non-hydrogen) atoms. The molecule has 76 valence electrons. The minimum Gasteiger partial charge on any atom is -0.398 e. The third-order valence-electron chi connectivity index (χ3n) is 2.08. The second kappa shape index (κ2) is 3.79. The number of benzene rings is 1. The van der Waals surface area contributed by atoms with E-state index >= 15 is 0 Å². The zero-order valence-corrected chi connectivity index (χ0v) is 8.58. The van der Waals surface area contributed by atoms with E-state index in [-0.39, 0.29) is 5.56 Å². The summed E-state index contributed by atoms with van der Waals surface area (Å²) in [5.41, 5.74) is 7.55. The molecule has 0 radical (unpaired) electrons. The summed E-state index contributed by atoms with van der Waals surface area (Å²) < 4.78 is 0. The second-order valence-electron chi connectivity index (χ2n) is 3.17. The number of pyridine rings is 1. The number of nitrogens with two attached hydrogens (primary N) is 1. The molecule has 3 N–H and O–H groups in total. The van der Waals surface area contributed by atoms with Gasteiger partial charge in [-0.05, 0) is 23.8 Å². The SMILES string of the molecule is Nc1ccc(-c2cccc(=O)[nH]2)cc1Cl. The van der Waals surface area contributed by atoms with E-state index in [1.54, 1.807) is 18.2 Å². The highest BCUT2D eigenvalue weighted by Gasteiger charge is 2.01. The molecule has 0 saturated carbocycles. The van der Waals surface area contributed by atoms with Crippen LogP contribution in [0.15, 0.2) is 41.2 Å². The Bertz CT molecular complexity index is 548. The van der Waals surface area contributed by atoms with Crippen LogP contribution >= 0.6 is 11.6 Å². The van der Waals surface area contributed by atoms with E-state index in [1.165, 1.54) is 6.07 Å². The van der Waals surface area contributed by atoms with E-state index in [2.05, 4.69) is 4.98 Å². The molecule has 0 amide bonds. The molecule has 0 saturated heterocycles. The summed E-state index contributed by atoms with van der Waals surface area (Å²) >= 11 is 5.89. The zero-order valence-electron chi connectivity index (χ0n) is 7.83. The molecule has 2 aromatic rings. The molecule has 4 heteroatoms. The van der Waals surface area contributed by atoms with Crippen molar-refractivity contribution in [1.82, 2.24) is 4.98 Å². The smallest absolute Gasteiger partial charge is 0.248 e. The first kappa shape index (κ1) is 9.80. The van der Waals surface area contributed by atoms with Crippen molar-refractivity contribution in [2.75, 3.05) is 5.73 Å². The Hall–Kier alpha value is -1.74. The molecule has 0 spiro atoms. The van der Waals surface area contributed by atoms with Gasteiger partial charge in [-0.1, -0.05) is 23.7 Å². The van der Waals surface area contributed by atoms with Crippen LogP contribution in [0.25, 0.3) is 11.3 Å². The van der Waals surface area contributed by atoms with Crippen LogP contribution < -0.4 is 11.3 Å². The quantitative estimate of drug-likeness (QED) is 0.725. The van der Waals surface area contributed by atoms with Crippen LogP contribution in [0.5, 0.6) is 0 Å². The van der Waals surface area contributed by atoms with Gasteiger partial charge < -0.3 is 10.7 Å². The van der Waals surface area contributed by atoms with Crippen LogP contribution in [0.1, 0.15) is 0 Å². The van der Waals surface area contributed by atoms with Crippen molar-refractivity contribution in [3.8, 4) is 11.3 Å². The van der Waals surface area contributed by atoms with Gasteiger partial charge in [0.05, 0.1) is 10.7 Å². The molecule has 0 aliphatic rings. The predicted octanol–water partition coefficient (Wildman–Crippen LogP) is 2.28. The van der Waals surface area contributed by atoms with Crippen LogP contribution in [-0.4, -0.2) is 4.98 Å². The molecular formula is C11H9ClN2O. The summed E-state index contributed by atoms with van der Waals surface area (Å²) in [6.07, 6.45) is 0. The summed E-state index contributed by atoms with van der Waals surface area (Å²) in [7, 11) is 0. The number of anilines is 1. The number of halogens is 1. The second-order valence-corrected chi connectivity index (χ2v) is 3.57. The van der Waals surface area contributed by atoms with E-state index in [0.717, 1.165) is 11.3 Å². The maximum atomic E-state index is 11.1. The minimum atomic E-state index is -0.138. The van der Waals surface area contributed by atoms with Crippen LogP contribution in [0.2, 0.25) is 5.02 Å². The van der Waals surface area contributed by atoms with E-state index in [9.17, 15) is 4.79 Å². The van der Waals surface area contributed by atoms with Crippen LogP contribution in [0.4, 0.5) is 5.69 Å². The molecule has 0 aliphatic heterocycles. The highest BCUT2D eigenvalue weighted by Crippen LogP contribution is 2.24. The topological polar surface area (TPSA) is 58.9 Å². The number of rotatable bonds is 1. The fourth-order valence-electron chi connectivity index (χ4n) is 1.31. The number of H-pyrrole nitrogens is 1. The molecule has 1 aromatic carbocycles. The fourth-order valence-corrected chi connectivity index (χ4v) is 1.49. The Morgan fingerprint density at radius 2 is 2.00 bits per heavy atom. The van der Waals surface area contributed by atoms with Crippen LogP contribution in [0, 0.1) is 0 Å². The van der Waals surface area contributed by atoms with Gasteiger partial charge in [0.15, 0.2) is 0 Å². The molecular weight excluding hydrogens is 212 g/mol. The van der Waals surface area contributed by atoms with Gasteiger partial charge in [0.25, 0.3) is 0 Å². The molecule has 0 atom stereocenters. The average Bonchev–Trinajstić information content (AvgIpc) is 2.22. The Morgan fingerprint density at radius 1 is 1.20 bits per heavy atom. The summed E-state index contributed by atoms with van der Waals surface area (Å²) in [6.45, 7) is 0. The Balaban J connectivity index is 2.55. The van der Waals surface area contributed by atoms with Crippen LogP contribution in [-0.2, 0) is 0 Å². The average molecular weight is 221 g/mol. The molecule has 0 unspecified atom stereocenters. The van der Waals surface area contributed by atoms with E-state index in [1.807, 2.05) is 12.1 Å². The predicted molar refractivity (Wildman–Crippen MR) is 61.9 cm³/mol. The maximum Gasteiger partial charge on any atom is 0.248 e. The van der Waals surface area contributed by atoms with Gasteiger partial charge >= 0.3 is 0 Å². The third kappa shape index (κ3) is 2.02. The Morgan fingerprint density at radius 3 is 2.67 bits per heavy atom. The molecule has 2 rings (SSSR count). The summed E-state index contributed by atoms with van der Waals surface area (Å²) in [5, 5.41) is 0.484. The van der Waals surface area contributed by atoms with Gasteiger partial charge in [-0.15, -0.1) is 0 Å². The molecule has 1 aromatic heterocycles. The first-order chi connectivity index (χ1) is 7.16. The summed E-state index contributed by atoms with van der Waals surface area (Å²) in [6, 6.07) is 10.2. The van der Waals surface area contributed by atoms with Crippen molar-refractivity contribution in [3.63, 3.8) is 0 Å². The Labute approximate surface area is 91.5 Å². The number of nitrogens with one attached hydrogen (secondary N) is 1. The fraction of sp³-hybridized carbons (Fsp3) is 0. The van der Waals surface area contributed by atoms with Crippen molar-refractivity contribution in [2.24, 2.45) is 0 Å². The van der Waals surface area contributed by atoms with Gasteiger partial charge in [0.1, 0.15) is 0 Å². The molecule has 3 nitrogen and oxygen atoms in total. The first-order valence-electron chi connectivity index (χ1n) is 4.41.